The highest BCUT2D eigenvalue weighted by Gasteiger charge is 2.64. The lowest BCUT2D eigenvalue weighted by molar-refractivity contribution is -0.144. The van der Waals surface area contributed by atoms with Crippen LogP contribution in [0, 0.1) is 0 Å². The number of hydrogen-bond donors (Lipinski definition) is 1. The molecule has 1 aliphatic rings. The first-order chi connectivity index (χ1) is 6.56. The van der Waals surface area contributed by atoms with Gasteiger partial charge in [0.15, 0.2) is 5.54 Å². The molecule has 14 heavy (non-hydrogen) atoms. The number of ether oxygens (including phenoxy) is 2. The topological polar surface area (TPSA) is 64.6 Å². The molecule has 80 valence electrons. The second-order valence-electron chi connectivity index (χ2n) is 2.98. The number of amides is 1. The largest absolute Gasteiger partial charge is 0.467 e. The Morgan fingerprint density at radius 2 is 2.21 bits per heavy atom. The summed E-state index contributed by atoms with van der Waals surface area (Å²) in [5, 5.41) is 2.16. The van der Waals surface area contributed by atoms with E-state index in [1.807, 2.05) is 0 Å². The van der Waals surface area contributed by atoms with E-state index in [0.29, 0.717) is 0 Å². The normalized spacial score (nSPS) is 29.2. The summed E-state index contributed by atoms with van der Waals surface area (Å²) in [6, 6.07) is 0. The maximum absolute atomic E-state index is 12.9. The lowest BCUT2D eigenvalue weighted by Gasteiger charge is -2.13. The van der Waals surface area contributed by atoms with E-state index in [1.165, 1.54) is 0 Å². The molecule has 0 heterocycles. The first-order valence-corrected chi connectivity index (χ1v) is 4.24. The average Bonchev–Trinajstić information content (AvgIpc) is 2.77. The van der Waals surface area contributed by atoms with Gasteiger partial charge in [-0.25, -0.2) is 14.0 Å². The molecule has 0 aliphatic heterocycles. The van der Waals surface area contributed by atoms with Gasteiger partial charge in [-0.05, 0) is 6.92 Å². The Kier molecular flexibility index (Phi) is 2.93. The number of methoxy groups -OCH3 is 1. The number of alkyl carbamates (subject to hydrolysis) is 1. The summed E-state index contributed by atoms with van der Waals surface area (Å²) in [4.78, 5) is 22.1. The van der Waals surface area contributed by atoms with Gasteiger partial charge in [-0.15, -0.1) is 0 Å². The van der Waals surface area contributed by atoms with Crippen molar-refractivity contribution in [2.45, 2.75) is 25.1 Å². The van der Waals surface area contributed by atoms with Crippen LogP contribution in [0.1, 0.15) is 13.3 Å². The van der Waals surface area contributed by atoms with Crippen LogP contribution < -0.4 is 5.32 Å². The fourth-order valence-corrected chi connectivity index (χ4v) is 1.15. The number of halogens is 1. The summed E-state index contributed by atoms with van der Waals surface area (Å²) in [6.45, 7) is 1.78. The number of esters is 1. The fourth-order valence-electron chi connectivity index (χ4n) is 1.15. The number of carbonyl (C=O) groups excluding carboxylic acids is 2. The quantitative estimate of drug-likeness (QED) is 0.677. The summed E-state index contributed by atoms with van der Waals surface area (Å²) in [6.07, 6.45) is -2.25. The smallest absolute Gasteiger partial charge is 0.408 e. The highest BCUT2D eigenvalue weighted by Crippen LogP contribution is 2.40. The third kappa shape index (κ3) is 1.78. The van der Waals surface area contributed by atoms with Gasteiger partial charge in [0.25, 0.3) is 0 Å². The Labute approximate surface area is 80.6 Å². The van der Waals surface area contributed by atoms with Crippen molar-refractivity contribution in [1.82, 2.24) is 5.32 Å². The van der Waals surface area contributed by atoms with Gasteiger partial charge in [-0.1, -0.05) is 0 Å². The molecule has 1 rings (SSSR count). The second-order valence-corrected chi connectivity index (χ2v) is 2.98. The Morgan fingerprint density at radius 3 is 2.57 bits per heavy atom. The van der Waals surface area contributed by atoms with Crippen molar-refractivity contribution >= 4 is 12.1 Å². The predicted molar refractivity (Wildman–Crippen MR) is 44.4 cm³/mol. The van der Waals surface area contributed by atoms with Gasteiger partial charge in [0.2, 0.25) is 0 Å². The van der Waals surface area contributed by atoms with Crippen molar-refractivity contribution in [3.8, 4) is 0 Å². The van der Waals surface area contributed by atoms with Crippen LogP contribution in [0.15, 0.2) is 0 Å². The summed E-state index contributed by atoms with van der Waals surface area (Å²) in [5.41, 5.74) is -1.51. The first kappa shape index (κ1) is 10.7. The van der Waals surface area contributed by atoms with Crippen LogP contribution >= 0.6 is 0 Å². The highest BCUT2D eigenvalue weighted by atomic mass is 19.1. The standard InChI is InChI=1S/C8H12FNO4/c1-3-14-7(12)10-8(4-5(8)9)6(11)13-2/h5H,3-4H2,1-2H3,(H,10,12). The molecular formula is C8H12FNO4. The molecule has 2 unspecified atom stereocenters. The molecule has 0 bridgehead atoms. The Hall–Kier alpha value is -1.33. The molecule has 0 aromatic carbocycles. The van der Waals surface area contributed by atoms with Gasteiger partial charge >= 0.3 is 12.1 Å². The minimum Gasteiger partial charge on any atom is -0.467 e. The maximum atomic E-state index is 12.9. The summed E-state index contributed by atoms with van der Waals surface area (Å²) < 4.78 is 21.8. The molecule has 5 nitrogen and oxygen atoms in total. The number of hydrogen-bond acceptors (Lipinski definition) is 4. The monoisotopic (exact) mass is 205 g/mol. The van der Waals surface area contributed by atoms with Gasteiger partial charge in [0.1, 0.15) is 6.17 Å². The van der Waals surface area contributed by atoms with Gasteiger partial charge < -0.3 is 14.8 Å². The van der Waals surface area contributed by atoms with Crippen molar-refractivity contribution in [3.05, 3.63) is 0 Å². The van der Waals surface area contributed by atoms with Crippen molar-refractivity contribution < 1.29 is 23.5 Å². The molecule has 1 amide bonds. The van der Waals surface area contributed by atoms with Crippen LogP contribution in [0.4, 0.5) is 9.18 Å². The second kappa shape index (κ2) is 3.81. The van der Waals surface area contributed by atoms with E-state index in [2.05, 4.69) is 14.8 Å². The van der Waals surface area contributed by atoms with Crippen molar-refractivity contribution in [2.24, 2.45) is 0 Å². The van der Waals surface area contributed by atoms with Crippen LogP contribution in [0.2, 0.25) is 0 Å². The third-order valence-electron chi connectivity index (χ3n) is 2.03. The van der Waals surface area contributed by atoms with Gasteiger partial charge in [0, 0.05) is 6.42 Å². The van der Waals surface area contributed by atoms with Crippen LogP contribution in [0.3, 0.4) is 0 Å². The van der Waals surface area contributed by atoms with Crippen LogP contribution in [-0.2, 0) is 14.3 Å². The van der Waals surface area contributed by atoms with Gasteiger partial charge in [0.05, 0.1) is 13.7 Å². The van der Waals surface area contributed by atoms with Gasteiger partial charge in [-0.2, -0.15) is 0 Å². The van der Waals surface area contributed by atoms with Crippen molar-refractivity contribution in [3.63, 3.8) is 0 Å². The van der Waals surface area contributed by atoms with E-state index in [4.69, 9.17) is 0 Å². The van der Waals surface area contributed by atoms with Crippen LogP contribution in [0.25, 0.3) is 0 Å². The van der Waals surface area contributed by atoms with Crippen LogP contribution in [-0.4, -0.2) is 37.5 Å². The summed E-state index contributed by atoms with van der Waals surface area (Å²) in [7, 11) is 1.14. The molecule has 0 aromatic heterocycles. The zero-order valence-corrected chi connectivity index (χ0v) is 8.00. The fraction of sp³-hybridized carbons (Fsp3) is 0.750. The first-order valence-electron chi connectivity index (χ1n) is 4.24. The van der Waals surface area contributed by atoms with E-state index in [0.717, 1.165) is 7.11 Å². The average molecular weight is 205 g/mol. The Morgan fingerprint density at radius 1 is 1.64 bits per heavy atom. The minimum atomic E-state index is -1.51. The van der Waals surface area contributed by atoms with E-state index in [1.54, 1.807) is 6.92 Å². The Balaban J connectivity index is 2.56. The minimum absolute atomic E-state index is 0.0571. The third-order valence-corrected chi connectivity index (χ3v) is 2.03. The SMILES string of the molecule is CCOC(=O)NC1(C(=O)OC)CC1F. The van der Waals surface area contributed by atoms with Crippen LogP contribution in [0.5, 0.6) is 0 Å². The Bertz CT molecular complexity index is 258. The van der Waals surface area contributed by atoms with Gasteiger partial charge in [-0.3, -0.25) is 0 Å². The van der Waals surface area contributed by atoms with Crippen molar-refractivity contribution in [2.75, 3.05) is 13.7 Å². The highest BCUT2D eigenvalue weighted by molar-refractivity contribution is 5.90. The number of alkyl halides is 1. The van der Waals surface area contributed by atoms with Crippen molar-refractivity contribution in [1.29, 1.82) is 0 Å². The molecule has 0 radical (unpaired) electrons. The molecule has 0 aromatic rings. The zero-order valence-electron chi connectivity index (χ0n) is 8.00. The molecule has 1 aliphatic carbocycles. The van der Waals surface area contributed by atoms with E-state index >= 15 is 0 Å². The zero-order chi connectivity index (χ0) is 10.8. The molecule has 0 spiro atoms. The van der Waals surface area contributed by atoms with E-state index in [-0.39, 0.29) is 13.0 Å². The molecule has 6 heteroatoms. The maximum Gasteiger partial charge on any atom is 0.408 e. The number of carbonyl (C=O) groups is 2. The molecule has 1 fully saturated rings. The lowest BCUT2D eigenvalue weighted by Crippen LogP contribution is -2.46. The molecule has 2 atom stereocenters. The predicted octanol–water partition coefficient (Wildman–Crippen LogP) is 0.386. The summed E-state index contributed by atoms with van der Waals surface area (Å²) in [5.74, 6) is -0.780. The number of rotatable bonds is 3. The molecule has 1 saturated carbocycles. The summed E-state index contributed by atoms with van der Waals surface area (Å²) >= 11 is 0. The molecule has 1 N–H and O–H groups in total. The molecule has 0 saturated heterocycles. The van der Waals surface area contributed by atoms with E-state index in [9.17, 15) is 14.0 Å². The van der Waals surface area contributed by atoms with E-state index < -0.39 is 23.8 Å². The molecular weight excluding hydrogens is 193 g/mol. The lowest BCUT2D eigenvalue weighted by atomic mass is 10.3. The number of nitrogens with one attached hydrogen (secondary N) is 1.